The van der Waals surface area contributed by atoms with Gasteiger partial charge in [-0.3, -0.25) is 4.90 Å². The van der Waals surface area contributed by atoms with Gasteiger partial charge in [0.1, 0.15) is 5.82 Å². The van der Waals surface area contributed by atoms with Crippen LogP contribution in [0.2, 0.25) is 0 Å². The maximum absolute atomic E-state index is 5.33. The van der Waals surface area contributed by atoms with Crippen molar-refractivity contribution >= 4 is 39.0 Å². The number of H-pyrrole nitrogens is 1. The Labute approximate surface area is 305 Å². The van der Waals surface area contributed by atoms with Crippen molar-refractivity contribution < 1.29 is 0 Å². The second-order valence-corrected chi connectivity index (χ2v) is 16.1. The average Bonchev–Trinajstić information content (AvgIpc) is 3.53. The minimum absolute atomic E-state index is 0.0643. The Morgan fingerprint density at radius 2 is 1.00 bits per heavy atom. The highest BCUT2D eigenvalue weighted by Gasteiger charge is 2.25. The van der Waals surface area contributed by atoms with Gasteiger partial charge in [0.2, 0.25) is 0 Å². The molecule has 1 aliphatic rings. The topological polar surface area (TPSA) is 44.8 Å². The van der Waals surface area contributed by atoms with Crippen molar-refractivity contribution in [2.45, 2.75) is 52.4 Å². The first kappa shape index (κ1) is 31.9. The van der Waals surface area contributed by atoms with Crippen LogP contribution in [0.3, 0.4) is 0 Å². The lowest BCUT2D eigenvalue weighted by Crippen LogP contribution is -2.13. The highest BCUT2D eigenvalue weighted by Crippen LogP contribution is 2.45. The first-order valence-electron chi connectivity index (χ1n) is 18.2. The number of aromatic nitrogens is 3. The van der Waals surface area contributed by atoms with Gasteiger partial charge in [-0.2, -0.15) is 0 Å². The molecule has 0 saturated heterocycles. The average molecular weight is 675 g/mol. The number of fused-ring (bicyclic) bond motifs is 10. The molecular weight excluding hydrogens is 633 g/mol. The summed E-state index contributed by atoms with van der Waals surface area (Å²) in [6.07, 6.45) is 0. The van der Waals surface area contributed by atoms with E-state index in [1.54, 1.807) is 0 Å². The van der Waals surface area contributed by atoms with Crippen molar-refractivity contribution in [2.75, 3.05) is 4.90 Å². The predicted molar refractivity (Wildman–Crippen MR) is 219 cm³/mol. The number of nitrogens with zero attached hydrogens (tertiary/aromatic N) is 3. The molecule has 8 bridgehead atoms. The predicted octanol–water partition coefficient (Wildman–Crippen LogP) is 13.2. The highest BCUT2D eigenvalue weighted by atomic mass is 15.2. The summed E-state index contributed by atoms with van der Waals surface area (Å²) in [4.78, 5) is 16.9. The van der Waals surface area contributed by atoms with E-state index in [0.717, 1.165) is 67.6 Å². The summed E-state index contributed by atoms with van der Waals surface area (Å²) >= 11 is 0. The molecule has 9 rings (SSSR count). The van der Waals surface area contributed by atoms with Crippen LogP contribution in [-0.2, 0) is 10.8 Å². The monoisotopic (exact) mass is 674 g/mol. The zero-order valence-electron chi connectivity index (χ0n) is 30.6. The quantitative estimate of drug-likeness (QED) is 0.198. The molecule has 0 spiro atoms. The van der Waals surface area contributed by atoms with E-state index < -0.39 is 0 Å². The van der Waals surface area contributed by atoms with Crippen LogP contribution in [-0.4, -0.2) is 15.0 Å². The van der Waals surface area contributed by atoms with E-state index >= 15 is 0 Å². The molecule has 52 heavy (non-hydrogen) atoms. The maximum atomic E-state index is 5.33. The second-order valence-electron chi connectivity index (χ2n) is 16.1. The zero-order valence-corrected chi connectivity index (χ0v) is 30.6. The number of aromatic amines is 1. The molecule has 3 aromatic heterocycles. The Bertz CT molecular complexity index is 2640. The van der Waals surface area contributed by atoms with E-state index in [1.807, 2.05) is 0 Å². The minimum atomic E-state index is -0.0754. The number of hydrogen-bond donors (Lipinski definition) is 1. The fourth-order valence-corrected chi connectivity index (χ4v) is 7.50. The standard InChI is InChI=1S/C48H42N4/c1-47(2,3)33-26-37-32-23-31(30-15-9-7-10-16-30)24-36(25-32)52(35-17-11-8-12-18-35)44-22-14-21-43(50-44)42-20-13-19-41(49-42)40-29-34(48(4,5)6)28-39-38(27-33)45(37)51-46(39)40/h7-29,51H,1-6H3. The van der Waals surface area contributed by atoms with Gasteiger partial charge >= 0.3 is 0 Å². The maximum Gasteiger partial charge on any atom is 0.138 e. The SMILES string of the molecule is CC(C)(C)c1cc2c3[nH]c4c(cc(C(C)(C)C)cc4c3c1)-c1cccc(n1)-c1cccc(n1)N(c1ccccc1)c1cc(-c3ccccc3)cc-2c1. The van der Waals surface area contributed by atoms with Crippen LogP contribution >= 0.6 is 0 Å². The first-order valence-corrected chi connectivity index (χ1v) is 18.2. The molecule has 0 amide bonds. The number of anilines is 3. The molecular formula is C48H42N4. The molecule has 1 aliphatic heterocycles. The third-order valence-electron chi connectivity index (χ3n) is 10.4. The largest absolute Gasteiger partial charge is 0.353 e. The van der Waals surface area contributed by atoms with E-state index in [2.05, 4.69) is 191 Å². The molecule has 0 unspecified atom stereocenters. The number of para-hydroxylation sites is 1. The summed E-state index contributed by atoms with van der Waals surface area (Å²) in [6, 6.07) is 50.3. The molecule has 4 heterocycles. The molecule has 0 saturated carbocycles. The molecule has 1 N–H and O–H groups in total. The van der Waals surface area contributed by atoms with Crippen molar-refractivity contribution in [3.05, 3.63) is 151 Å². The van der Waals surface area contributed by atoms with Crippen LogP contribution in [0.5, 0.6) is 0 Å². The van der Waals surface area contributed by atoms with Crippen LogP contribution in [0.25, 0.3) is 66.7 Å². The fraction of sp³-hybridized carbons (Fsp3) is 0.167. The van der Waals surface area contributed by atoms with Gasteiger partial charge in [0, 0.05) is 33.3 Å². The molecule has 4 heteroatoms. The summed E-state index contributed by atoms with van der Waals surface area (Å²) in [5, 5.41) is 2.45. The lowest BCUT2D eigenvalue weighted by molar-refractivity contribution is 0.590. The van der Waals surface area contributed by atoms with Gasteiger partial charge in [0.05, 0.1) is 28.1 Å². The molecule has 0 radical (unpaired) electrons. The third-order valence-corrected chi connectivity index (χ3v) is 10.4. The Kier molecular flexibility index (Phi) is 7.24. The summed E-state index contributed by atoms with van der Waals surface area (Å²) in [7, 11) is 0. The van der Waals surface area contributed by atoms with E-state index in [-0.39, 0.29) is 10.8 Å². The molecule has 5 aromatic carbocycles. The Morgan fingerprint density at radius 1 is 0.442 bits per heavy atom. The molecule has 0 aliphatic carbocycles. The normalized spacial score (nSPS) is 12.8. The number of hydrogen-bond acceptors (Lipinski definition) is 3. The van der Waals surface area contributed by atoms with Gasteiger partial charge in [-0.15, -0.1) is 0 Å². The van der Waals surface area contributed by atoms with Crippen molar-refractivity contribution in [3.63, 3.8) is 0 Å². The Morgan fingerprint density at radius 3 is 1.67 bits per heavy atom. The molecule has 254 valence electrons. The number of pyridine rings is 2. The first-order chi connectivity index (χ1) is 25.0. The van der Waals surface area contributed by atoms with E-state index in [9.17, 15) is 0 Å². The molecule has 4 nitrogen and oxygen atoms in total. The Balaban J connectivity index is 1.48. The summed E-state index contributed by atoms with van der Waals surface area (Å²) in [6.45, 7) is 13.8. The molecule has 8 aromatic rings. The number of nitrogens with one attached hydrogen (secondary N) is 1. The smallest absolute Gasteiger partial charge is 0.138 e. The summed E-state index contributed by atoms with van der Waals surface area (Å²) in [5.74, 6) is 0.828. The van der Waals surface area contributed by atoms with Crippen molar-refractivity contribution in [1.82, 2.24) is 15.0 Å². The lowest BCUT2D eigenvalue weighted by Gasteiger charge is -2.26. The second kappa shape index (κ2) is 11.8. The lowest BCUT2D eigenvalue weighted by atomic mass is 9.82. The van der Waals surface area contributed by atoms with Gasteiger partial charge in [0.25, 0.3) is 0 Å². The number of benzene rings is 5. The van der Waals surface area contributed by atoms with Crippen LogP contribution in [0.15, 0.2) is 140 Å². The van der Waals surface area contributed by atoms with Crippen molar-refractivity contribution in [1.29, 1.82) is 0 Å². The van der Waals surface area contributed by atoms with Crippen LogP contribution < -0.4 is 4.90 Å². The van der Waals surface area contributed by atoms with Gasteiger partial charge in [-0.1, -0.05) is 102 Å². The van der Waals surface area contributed by atoms with E-state index in [4.69, 9.17) is 9.97 Å². The van der Waals surface area contributed by atoms with Crippen molar-refractivity contribution in [2.24, 2.45) is 0 Å². The van der Waals surface area contributed by atoms with Gasteiger partial charge in [0.15, 0.2) is 0 Å². The van der Waals surface area contributed by atoms with Crippen LogP contribution in [0.4, 0.5) is 17.2 Å². The highest BCUT2D eigenvalue weighted by molar-refractivity contribution is 6.16. The van der Waals surface area contributed by atoms with Crippen LogP contribution in [0, 0.1) is 0 Å². The molecule has 0 atom stereocenters. The summed E-state index contributed by atoms with van der Waals surface area (Å²) < 4.78 is 0. The van der Waals surface area contributed by atoms with E-state index in [0.29, 0.717) is 0 Å². The third kappa shape index (κ3) is 5.47. The number of rotatable bonds is 2. The zero-order chi connectivity index (χ0) is 35.8. The van der Waals surface area contributed by atoms with Crippen LogP contribution in [0.1, 0.15) is 52.7 Å². The summed E-state index contributed by atoms with van der Waals surface area (Å²) in [5.41, 5.74) is 15.0. The Hall–Kier alpha value is -6.00. The fourth-order valence-electron chi connectivity index (χ4n) is 7.50. The minimum Gasteiger partial charge on any atom is -0.353 e. The molecule has 0 fully saturated rings. The van der Waals surface area contributed by atoms with Crippen molar-refractivity contribution in [3.8, 4) is 44.9 Å². The van der Waals surface area contributed by atoms with E-state index in [1.165, 1.54) is 27.5 Å². The van der Waals surface area contributed by atoms with Gasteiger partial charge < -0.3 is 4.98 Å². The van der Waals surface area contributed by atoms with Gasteiger partial charge in [-0.25, -0.2) is 9.97 Å². The van der Waals surface area contributed by atoms with Gasteiger partial charge in [-0.05, 0) is 118 Å².